The molecule has 2 amide bonds. The summed E-state index contributed by atoms with van der Waals surface area (Å²) in [7, 11) is 1.42. The van der Waals surface area contributed by atoms with Crippen molar-refractivity contribution >= 4 is 29.4 Å². The minimum Gasteiger partial charge on any atom is -0.504 e. The molecule has 1 fully saturated rings. The summed E-state index contributed by atoms with van der Waals surface area (Å²) in [6.07, 6.45) is 3.60. The maximum Gasteiger partial charge on any atom is 0.303 e. The fraction of sp³-hybridized carbons (Fsp3) is 0.393. The lowest BCUT2D eigenvalue weighted by Crippen LogP contribution is -2.40. The minimum atomic E-state index is -1.00. The fourth-order valence-corrected chi connectivity index (χ4v) is 6.35. The summed E-state index contributed by atoms with van der Waals surface area (Å²) >= 11 is 0. The second-order valence-corrected chi connectivity index (χ2v) is 9.95. The van der Waals surface area contributed by atoms with Gasteiger partial charge in [-0.3, -0.25) is 28.9 Å². The fourth-order valence-electron chi connectivity index (χ4n) is 6.35. The van der Waals surface area contributed by atoms with Crippen molar-refractivity contribution in [3.8, 4) is 11.5 Å². The molecular weight excluding hydrogens is 478 g/mol. The van der Waals surface area contributed by atoms with Crippen LogP contribution in [0.4, 0.5) is 0 Å². The van der Waals surface area contributed by atoms with Gasteiger partial charge in [-0.2, -0.15) is 0 Å². The first-order valence-electron chi connectivity index (χ1n) is 12.3. The molecule has 4 aliphatic rings. The number of carboxylic acid groups (broad SMARTS) is 1. The van der Waals surface area contributed by atoms with Gasteiger partial charge in [0.2, 0.25) is 11.8 Å². The average Bonchev–Trinajstić information content (AvgIpc) is 3.11. The van der Waals surface area contributed by atoms with Crippen molar-refractivity contribution in [2.75, 3.05) is 13.7 Å². The quantitative estimate of drug-likeness (QED) is 0.342. The first-order valence-corrected chi connectivity index (χ1v) is 12.3. The van der Waals surface area contributed by atoms with Crippen LogP contribution in [0, 0.1) is 17.8 Å². The molecule has 1 aromatic rings. The van der Waals surface area contributed by atoms with E-state index in [1.807, 2.05) is 6.08 Å². The predicted molar refractivity (Wildman–Crippen MR) is 130 cm³/mol. The summed E-state index contributed by atoms with van der Waals surface area (Å²) < 4.78 is 5.29. The van der Waals surface area contributed by atoms with Crippen LogP contribution >= 0.6 is 0 Å². The number of methoxy groups -OCH3 is 1. The van der Waals surface area contributed by atoms with Gasteiger partial charge in [0, 0.05) is 41.2 Å². The van der Waals surface area contributed by atoms with Gasteiger partial charge in [-0.05, 0) is 44.2 Å². The molecule has 3 aliphatic carbocycles. The lowest BCUT2D eigenvalue weighted by Gasteiger charge is -2.42. The zero-order chi connectivity index (χ0) is 26.6. The standard InChI is InChI=1S/C28H27NO8/c1-13-11-19(30)24-18(25(13)33)12-17-14(22(24)15-5-3-6-20(37-2)26(15)34)8-9-16-23(17)28(36)29(27(16)35)10-4-7-21(31)32/h3,5-6,8,11,16-17,22-23,34H,4,7,9-10,12H2,1-2H3,(H,31,32)/t16-,17+,22+,23-/m0/s1. The second-order valence-electron chi connectivity index (χ2n) is 9.95. The van der Waals surface area contributed by atoms with Crippen molar-refractivity contribution in [2.24, 2.45) is 17.8 Å². The molecule has 1 aromatic carbocycles. The van der Waals surface area contributed by atoms with Crippen LogP contribution in [-0.2, 0) is 24.0 Å². The summed E-state index contributed by atoms with van der Waals surface area (Å²) in [6.45, 7) is 1.60. The number of aromatic hydroxyl groups is 1. The SMILES string of the molecule is COc1cccc([C@H]2C3=CC[C@@H]4C(=O)N(CCCC(=O)O)C(=O)[C@@H]4[C@@H]3CC3=C2C(=O)C=C(C)C3=O)c1O. The number of Topliss-reactive ketones (excluding diaryl/α,β-unsaturated/α-hetero) is 1. The van der Waals surface area contributed by atoms with Gasteiger partial charge in [0.1, 0.15) is 0 Å². The van der Waals surface area contributed by atoms with E-state index in [0.717, 1.165) is 10.5 Å². The zero-order valence-corrected chi connectivity index (χ0v) is 20.5. The van der Waals surface area contributed by atoms with Crippen LogP contribution in [0.25, 0.3) is 0 Å². The third kappa shape index (κ3) is 3.80. The number of carbonyl (C=O) groups excluding carboxylic acids is 4. The van der Waals surface area contributed by atoms with E-state index in [4.69, 9.17) is 9.84 Å². The summed E-state index contributed by atoms with van der Waals surface area (Å²) in [4.78, 5) is 65.3. The molecule has 4 atom stereocenters. The molecule has 0 radical (unpaired) electrons. The Morgan fingerprint density at radius 3 is 2.59 bits per heavy atom. The number of benzene rings is 1. The molecular formula is C28H27NO8. The van der Waals surface area contributed by atoms with E-state index >= 15 is 0 Å². The van der Waals surface area contributed by atoms with E-state index in [-0.39, 0.29) is 72.7 Å². The Morgan fingerprint density at radius 2 is 1.89 bits per heavy atom. The first-order chi connectivity index (χ1) is 17.6. The molecule has 1 aliphatic heterocycles. The highest BCUT2D eigenvalue weighted by Crippen LogP contribution is 2.56. The number of hydrogen-bond donors (Lipinski definition) is 2. The highest BCUT2D eigenvalue weighted by atomic mass is 16.5. The number of nitrogens with zero attached hydrogens (tertiary/aromatic N) is 1. The van der Waals surface area contributed by atoms with Crippen molar-refractivity contribution in [1.29, 1.82) is 0 Å². The molecule has 1 heterocycles. The average molecular weight is 506 g/mol. The van der Waals surface area contributed by atoms with E-state index in [2.05, 4.69) is 0 Å². The number of likely N-dealkylation sites (tertiary alicyclic amines) is 1. The molecule has 0 bridgehead atoms. The molecule has 9 nitrogen and oxygen atoms in total. The third-order valence-corrected chi connectivity index (χ3v) is 7.99. The smallest absolute Gasteiger partial charge is 0.303 e. The van der Waals surface area contributed by atoms with Gasteiger partial charge < -0.3 is 14.9 Å². The van der Waals surface area contributed by atoms with E-state index in [0.29, 0.717) is 16.7 Å². The zero-order valence-electron chi connectivity index (χ0n) is 20.5. The Labute approximate surface area is 213 Å². The van der Waals surface area contributed by atoms with Crippen LogP contribution < -0.4 is 4.74 Å². The van der Waals surface area contributed by atoms with Gasteiger partial charge in [-0.15, -0.1) is 0 Å². The van der Waals surface area contributed by atoms with E-state index in [1.165, 1.54) is 13.2 Å². The lowest BCUT2D eigenvalue weighted by molar-refractivity contribution is -0.142. The maximum atomic E-state index is 13.5. The first kappa shape index (κ1) is 24.7. The van der Waals surface area contributed by atoms with Gasteiger partial charge in [0.25, 0.3) is 0 Å². The Kier molecular flexibility index (Phi) is 6.09. The topological polar surface area (TPSA) is 138 Å². The molecule has 2 N–H and O–H groups in total. The largest absolute Gasteiger partial charge is 0.504 e. The van der Waals surface area contributed by atoms with Gasteiger partial charge in [0.15, 0.2) is 23.1 Å². The number of imide groups is 1. The van der Waals surface area contributed by atoms with Gasteiger partial charge in [-0.25, -0.2) is 0 Å². The summed E-state index contributed by atoms with van der Waals surface area (Å²) in [5, 5.41) is 20.0. The summed E-state index contributed by atoms with van der Waals surface area (Å²) in [5.41, 5.74) is 2.03. The minimum absolute atomic E-state index is 0.0202. The van der Waals surface area contributed by atoms with E-state index in [9.17, 15) is 29.1 Å². The van der Waals surface area contributed by atoms with E-state index in [1.54, 1.807) is 25.1 Å². The number of ketones is 2. The number of amides is 2. The van der Waals surface area contributed by atoms with Crippen molar-refractivity contribution in [3.05, 3.63) is 58.2 Å². The predicted octanol–water partition coefficient (Wildman–Crippen LogP) is 2.70. The van der Waals surface area contributed by atoms with Crippen LogP contribution in [-0.4, -0.2) is 58.1 Å². The number of allylic oxidation sites excluding steroid dienone is 6. The monoisotopic (exact) mass is 505 g/mol. The molecule has 37 heavy (non-hydrogen) atoms. The number of fused-ring (bicyclic) bond motifs is 3. The number of phenolic OH excluding ortho intramolecular Hbond substituents is 1. The van der Waals surface area contributed by atoms with Gasteiger partial charge in [-0.1, -0.05) is 23.8 Å². The number of ether oxygens (including phenoxy) is 1. The van der Waals surface area contributed by atoms with Crippen molar-refractivity contribution in [2.45, 2.75) is 38.5 Å². The van der Waals surface area contributed by atoms with Crippen LogP contribution in [0.5, 0.6) is 11.5 Å². The second kappa shape index (κ2) is 9.14. The maximum absolute atomic E-state index is 13.5. The Hall–Kier alpha value is -4.01. The van der Waals surface area contributed by atoms with Crippen LogP contribution in [0.1, 0.15) is 44.1 Å². The number of para-hydroxylation sites is 1. The molecule has 5 rings (SSSR count). The molecule has 192 valence electrons. The number of phenols is 1. The van der Waals surface area contributed by atoms with Crippen LogP contribution in [0.15, 0.2) is 52.6 Å². The molecule has 0 spiro atoms. The summed E-state index contributed by atoms with van der Waals surface area (Å²) in [6, 6.07) is 4.95. The van der Waals surface area contributed by atoms with Crippen LogP contribution in [0.3, 0.4) is 0 Å². The highest BCUT2D eigenvalue weighted by molar-refractivity contribution is 6.23. The van der Waals surface area contributed by atoms with Gasteiger partial charge in [0.05, 0.1) is 18.9 Å². The van der Waals surface area contributed by atoms with Crippen molar-refractivity contribution < 1.29 is 38.9 Å². The number of carbonyl (C=O) groups is 5. The molecule has 0 aromatic heterocycles. The highest BCUT2D eigenvalue weighted by Gasteiger charge is 2.56. The third-order valence-electron chi connectivity index (χ3n) is 7.99. The Morgan fingerprint density at radius 1 is 1.14 bits per heavy atom. The van der Waals surface area contributed by atoms with Gasteiger partial charge >= 0.3 is 5.97 Å². The summed E-state index contributed by atoms with van der Waals surface area (Å²) in [5.74, 6) is -4.87. The molecule has 9 heteroatoms. The Bertz CT molecular complexity index is 1350. The molecule has 0 unspecified atom stereocenters. The Balaban J connectivity index is 1.61. The van der Waals surface area contributed by atoms with Crippen molar-refractivity contribution in [1.82, 2.24) is 4.90 Å². The number of hydrogen-bond acceptors (Lipinski definition) is 7. The molecule has 1 saturated heterocycles. The molecule has 0 saturated carbocycles. The normalized spacial score (nSPS) is 26.9. The van der Waals surface area contributed by atoms with Crippen molar-refractivity contribution in [3.63, 3.8) is 0 Å². The van der Waals surface area contributed by atoms with Crippen LogP contribution in [0.2, 0.25) is 0 Å². The number of rotatable bonds is 6. The number of carboxylic acids is 1. The lowest BCUT2D eigenvalue weighted by atomic mass is 9.59. The number of aliphatic carboxylic acids is 1. The van der Waals surface area contributed by atoms with E-state index < -0.39 is 29.6 Å².